The second-order valence-corrected chi connectivity index (χ2v) is 6.23. The minimum absolute atomic E-state index is 0.00500. The molecule has 0 aromatic heterocycles. The van der Waals surface area contributed by atoms with Crippen molar-refractivity contribution in [3.8, 4) is 0 Å². The smallest absolute Gasteiger partial charge is 0.410 e. The monoisotopic (exact) mass is 271 g/mol. The van der Waals surface area contributed by atoms with E-state index in [1.165, 1.54) is 0 Å². The fourth-order valence-corrected chi connectivity index (χ4v) is 2.19. The average Bonchev–Trinajstić information content (AvgIpc) is 2.19. The second kappa shape index (κ2) is 5.77. The highest BCUT2D eigenvalue weighted by Crippen LogP contribution is 2.18. The lowest BCUT2D eigenvalue weighted by Crippen LogP contribution is -2.59. The van der Waals surface area contributed by atoms with Gasteiger partial charge in [-0.1, -0.05) is 0 Å². The van der Waals surface area contributed by atoms with Gasteiger partial charge in [0.05, 0.1) is 6.54 Å². The molecule has 0 unspecified atom stereocenters. The molecule has 6 heteroatoms. The molecule has 2 amide bonds. The van der Waals surface area contributed by atoms with Crippen molar-refractivity contribution in [3.05, 3.63) is 0 Å². The summed E-state index contributed by atoms with van der Waals surface area (Å²) in [6, 6.07) is 0.0987. The van der Waals surface area contributed by atoms with E-state index >= 15 is 0 Å². The number of rotatable bonds is 2. The minimum Gasteiger partial charge on any atom is -0.444 e. The highest BCUT2D eigenvalue weighted by Gasteiger charge is 2.34. The standard InChI is InChI=1S/C13H25N3O3/c1-9-7-16(12(18)19-13(3,4)5)10(2)6-15(9)8-11(14)17/h9-10H,6-8H2,1-5H3,(H2,14,17)/t9-,10+/m0/s1. The molecule has 0 aromatic rings. The Balaban J connectivity index is 2.65. The minimum atomic E-state index is -0.496. The molecule has 0 aromatic carbocycles. The Kier molecular flexibility index (Phi) is 4.79. The molecular formula is C13H25N3O3. The van der Waals surface area contributed by atoms with Crippen LogP contribution in [0.2, 0.25) is 0 Å². The van der Waals surface area contributed by atoms with Crippen LogP contribution < -0.4 is 5.73 Å². The Labute approximate surface area is 114 Å². The number of ether oxygens (including phenoxy) is 1. The van der Waals surface area contributed by atoms with Crippen LogP contribution in [0.3, 0.4) is 0 Å². The number of carbonyl (C=O) groups excluding carboxylic acids is 2. The summed E-state index contributed by atoms with van der Waals surface area (Å²) in [5.74, 6) is -0.343. The van der Waals surface area contributed by atoms with Crippen LogP contribution in [0.5, 0.6) is 0 Å². The molecule has 1 heterocycles. The summed E-state index contributed by atoms with van der Waals surface area (Å²) in [6.07, 6.45) is -0.300. The van der Waals surface area contributed by atoms with Crippen molar-refractivity contribution < 1.29 is 14.3 Å². The molecule has 0 bridgehead atoms. The molecule has 19 heavy (non-hydrogen) atoms. The maximum atomic E-state index is 12.1. The highest BCUT2D eigenvalue weighted by molar-refractivity contribution is 5.76. The first kappa shape index (κ1) is 15.8. The zero-order chi connectivity index (χ0) is 14.8. The van der Waals surface area contributed by atoms with E-state index in [2.05, 4.69) is 0 Å². The number of hydrogen-bond acceptors (Lipinski definition) is 4. The van der Waals surface area contributed by atoms with E-state index in [1.807, 2.05) is 39.5 Å². The van der Waals surface area contributed by atoms with Crippen molar-refractivity contribution in [2.75, 3.05) is 19.6 Å². The van der Waals surface area contributed by atoms with E-state index in [1.54, 1.807) is 4.90 Å². The molecule has 2 N–H and O–H groups in total. The summed E-state index contributed by atoms with van der Waals surface area (Å²) in [6.45, 7) is 10.9. The molecule has 0 spiro atoms. The van der Waals surface area contributed by atoms with Gasteiger partial charge in [-0.15, -0.1) is 0 Å². The third-order valence-corrected chi connectivity index (χ3v) is 3.10. The molecule has 0 saturated carbocycles. The van der Waals surface area contributed by atoms with Gasteiger partial charge in [-0.05, 0) is 34.6 Å². The Hall–Kier alpha value is -1.30. The predicted octanol–water partition coefficient (Wildman–Crippen LogP) is 0.801. The van der Waals surface area contributed by atoms with Crippen LogP contribution in [-0.4, -0.2) is 59.1 Å². The van der Waals surface area contributed by atoms with Gasteiger partial charge in [0.15, 0.2) is 0 Å². The molecule has 1 fully saturated rings. The first-order valence-electron chi connectivity index (χ1n) is 6.62. The molecule has 6 nitrogen and oxygen atoms in total. The molecule has 1 aliphatic heterocycles. The number of nitrogens with two attached hydrogens (primary N) is 1. The Morgan fingerprint density at radius 3 is 2.26 bits per heavy atom. The van der Waals surface area contributed by atoms with Gasteiger partial charge in [0.2, 0.25) is 5.91 Å². The van der Waals surface area contributed by atoms with Crippen molar-refractivity contribution in [2.24, 2.45) is 5.73 Å². The molecule has 110 valence electrons. The summed E-state index contributed by atoms with van der Waals surface area (Å²) in [4.78, 5) is 26.8. The van der Waals surface area contributed by atoms with Crippen LogP contribution in [0.15, 0.2) is 0 Å². The Morgan fingerprint density at radius 2 is 1.79 bits per heavy atom. The third kappa shape index (κ3) is 4.70. The van der Waals surface area contributed by atoms with Crippen LogP contribution in [-0.2, 0) is 9.53 Å². The number of nitrogens with zero attached hydrogens (tertiary/aromatic N) is 2. The third-order valence-electron chi connectivity index (χ3n) is 3.10. The fourth-order valence-electron chi connectivity index (χ4n) is 2.19. The van der Waals surface area contributed by atoms with E-state index in [0.717, 1.165) is 0 Å². The molecule has 2 atom stereocenters. The van der Waals surface area contributed by atoms with Gasteiger partial charge in [0, 0.05) is 25.2 Å². The SMILES string of the molecule is C[C@@H]1CN(CC(N)=O)[C@@H](C)CN1C(=O)OC(C)(C)C. The van der Waals surface area contributed by atoms with Crippen LogP contribution in [0.1, 0.15) is 34.6 Å². The lowest BCUT2D eigenvalue weighted by atomic mass is 10.1. The maximum Gasteiger partial charge on any atom is 0.410 e. The Bertz CT molecular complexity index is 352. The van der Waals surface area contributed by atoms with E-state index < -0.39 is 5.60 Å². The summed E-state index contributed by atoms with van der Waals surface area (Å²) in [5.41, 5.74) is 4.73. The number of carbonyl (C=O) groups is 2. The van der Waals surface area contributed by atoms with E-state index in [0.29, 0.717) is 13.1 Å². The van der Waals surface area contributed by atoms with Crippen molar-refractivity contribution >= 4 is 12.0 Å². The van der Waals surface area contributed by atoms with Crippen LogP contribution in [0.4, 0.5) is 4.79 Å². The van der Waals surface area contributed by atoms with Gasteiger partial charge in [-0.3, -0.25) is 9.69 Å². The number of hydrogen-bond donors (Lipinski definition) is 1. The first-order chi connectivity index (χ1) is 8.60. The Morgan fingerprint density at radius 1 is 1.21 bits per heavy atom. The van der Waals surface area contributed by atoms with Gasteiger partial charge in [-0.2, -0.15) is 0 Å². The number of piperazine rings is 1. The number of primary amides is 1. The maximum absolute atomic E-state index is 12.1. The van der Waals surface area contributed by atoms with Gasteiger partial charge in [0.1, 0.15) is 5.60 Å². The van der Waals surface area contributed by atoms with Crippen molar-refractivity contribution in [1.82, 2.24) is 9.80 Å². The van der Waals surface area contributed by atoms with Gasteiger partial charge in [0.25, 0.3) is 0 Å². The zero-order valence-electron chi connectivity index (χ0n) is 12.5. The first-order valence-corrected chi connectivity index (χ1v) is 6.62. The second-order valence-electron chi connectivity index (χ2n) is 6.23. The molecule has 0 aliphatic carbocycles. The summed E-state index contributed by atoms with van der Waals surface area (Å²) < 4.78 is 5.39. The van der Waals surface area contributed by atoms with Crippen molar-refractivity contribution in [2.45, 2.75) is 52.3 Å². The van der Waals surface area contributed by atoms with Crippen LogP contribution in [0, 0.1) is 0 Å². The van der Waals surface area contributed by atoms with E-state index in [-0.39, 0.29) is 30.6 Å². The summed E-state index contributed by atoms with van der Waals surface area (Å²) in [7, 11) is 0. The van der Waals surface area contributed by atoms with Crippen LogP contribution in [0.25, 0.3) is 0 Å². The van der Waals surface area contributed by atoms with E-state index in [9.17, 15) is 9.59 Å². The molecule has 0 radical (unpaired) electrons. The van der Waals surface area contributed by atoms with Gasteiger partial charge < -0.3 is 15.4 Å². The van der Waals surface area contributed by atoms with Crippen molar-refractivity contribution in [3.63, 3.8) is 0 Å². The van der Waals surface area contributed by atoms with E-state index in [4.69, 9.17) is 10.5 Å². The normalized spacial score (nSPS) is 25.2. The molecule has 1 rings (SSSR count). The predicted molar refractivity (Wildman–Crippen MR) is 72.6 cm³/mol. The van der Waals surface area contributed by atoms with Crippen molar-refractivity contribution in [1.29, 1.82) is 0 Å². The van der Waals surface area contributed by atoms with Gasteiger partial charge >= 0.3 is 6.09 Å². The van der Waals surface area contributed by atoms with Gasteiger partial charge in [-0.25, -0.2) is 4.79 Å². The fraction of sp³-hybridized carbons (Fsp3) is 0.846. The lowest BCUT2D eigenvalue weighted by Gasteiger charge is -2.43. The highest BCUT2D eigenvalue weighted by atomic mass is 16.6. The quantitative estimate of drug-likeness (QED) is 0.806. The zero-order valence-corrected chi connectivity index (χ0v) is 12.5. The summed E-state index contributed by atoms with van der Waals surface area (Å²) >= 11 is 0. The largest absolute Gasteiger partial charge is 0.444 e. The molecular weight excluding hydrogens is 246 g/mol. The lowest BCUT2D eigenvalue weighted by molar-refractivity contribution is -0.120. The average molecular weight is 271 g/mol. The van der Waals surface area contributed by atoms with Crippen LogP contribution >= 0.6 is 0 Å². The summed E-state index contributed by atoms with van der Waals surface area (Å²) in [5, 5.41) is 0. The number of amides is 2. The topological polar surface area (TPSA) is 75.9 Å². The molecule has 1 saturated heterocycles. The molecule has 1 aliphatic rings.